The molecule has 0 saturated heterocycles. The van der Waals surface area contributed by atoms with Crippen LogP contribution < -0.4 is 10.8 Å². The minimum atomic E-state index is -2.00. The van der Waals surface area contributed by atoms with E-state index < -0.39 is 7.22 Å². The van der Waals surface area contributed by atoms with Crippen molar-refractivity contribution in [2.24, 2.45) is 10.8 Å². The van der Waals surface area contributed by atoms with Gasteiger partial charge in [0.1, 0.15) is 0 Å². The molecule has 2 nitrogen and oxygen atoms in total. The summed E-state index contributed by atoms with van der Waals surface area (Å²) in [6.45, 7) is 0. The van der Waals surface area contributed by atoms with E-state index in [1.54, 1.807) is 0 Å². The molecule has 4 N–H and O–H groups in total. The zero-order valence-electron chi connectivity index (χ0n) is 3.03. The first-order valence-electron chi connectivity index (χ1n) is 1.27. The van der Waals surface area contributed by atoms with Gasteiger partial charge >= 0.3 is 0 Å². The summed E-state index contributed by atoms with van der Waals surface area (Å²) in [6, 6.07) is 0. The van der Waals surface area contributed by atoms with Crippen molar-refractivity contribution in [2.45, 2.75) is 0 Å². The number of rotatable bonds is 0. The highest BCUT2D eigenvalue weighted by atomic mass is 35.6. The average molecular weight is 127 g/mol. The van der Waals surface area contributed by atoms with Gasteiger partial charge in [-0.2, -0.15) is 0 Å². The average Bonchev–Trinajstić information content (AvgIpc) is 0.722. The molecule has 0 atom stereocenters. The first kappa shape index (κ1) is 5.64. The molecule has 0 spiro atoms. The maximum atomic E-state index is 5.29. The van der Waals surface area contributed by atoms with Crippen molar-refractivity contribution in [1.29, 1.82) is 0 Å². The van der Waals surface area contributed by atoms with Crippen molar-refractivity contribution in [3.63, 3.8) is 0 Å². The third kappa shape index (κ3) is 78.3. The zero-order valence-corrected chi connectivity index (χ0v) is 6.79. The van der Waals surface area contributed by atoms with Crippen LogP contribution >= 0.6 is 11.1 Å². The van der Waals surface area contributed by atoms with Gasteiger partial charge in [-0.05, 0) is 0 Å². The van der Waals surface area contributed by atoms with Crippen molar-refractivity contribution >= 4 is 28.1 Å². The topological polar surface area (TPSA) is 52.0 Å². The van der Waals surface area contributed by atoms with Gasteiger partial charge < -0.3 is 10.8 Å². The van der Waals surface area contributed by atoms with Crippen LogP contribution in [0.2, 0.25) is 0 Å². The first-order valence-corrected chi connectivity index (χ1v) is 7.93. The fourth-order valence-corrected chi connectivity index (χ4v) is 0. The number of hydrogen-bond acceptors (Lipinski definition) is 2. The summed E-state index contributed by atoms with van der Waals surface area (Å²) in [7, 11) is -1.23. The largest absolute Gasteiger partial charge is 0.330 e. The Balaban J connectivity index is 3.02. The molecule has 0 saturated carbocycles. The molecule has 5 heteroatoms. The van der Waals surface area contributed by atoms with E-state index in [1.807, 2.05) is 0 Å². The van der Waals surface area contributed by atoms with E-state index in [9.17, 15) is 0 Å². The molecule has 0 rings (SSSR count). The van der Waals surface area contributed by atoms with Gasteiger partial charge in [-0.3, -0.25) is 0 Å². The van der Waals surface area contributed by atoms with Crippen LogP contribution in [0.15, 0.2) is 0 Å². The van der Waals surface area contributed by atoms with Gasteiger partial charge in [-0.25, -0.2) is 0 Å². The molecule has 5 heavy (non-hydrogen) atoms. The molecule has 0 aliphatic rings. The number of halogens is 1. The Hall–Kier alpha value is 0.644. The summed E-state index contributed by atoms with van der Waals surface area (Å²) in [5, 5.41) is 10.2. The molecule has 0 bridgehead atoms. The highest BCUT2D eigenvalue weighted by Gasteiger charge is 2.06. The van der Waals surface area contributed by atoms with E-state index in [-0.39, 0.29) is 0 Å². The second-order valence-corrected chi connectivity index (χ2v) is 12.8. The quantitative estimate of drug-likeness (QED) is 0.290. The van der Waals surface area contributed by atoms with E-state index in [4.69, 9.17) is 21.9 Å². The number of nitrogens with two attached hydrogens (primary N) is 2. The minimum Gasteiger partial charge on any atom is -0.330 e. The summed E-state index contributed by atoms with van der Waals surface area (Å²) < 4.78 is 0. The molecule has 0 unspecified atom stereocenters. The number of hydrogen-bond donors (Lipinski definition) is 2. The van der Waals surface area contributed by atoms with Gasteiger partial charge in [0.25, 0.3) is 7.22 Å². The van der Waals surface area contributed by atoms with Crippen molar-refractivity contribution in [1.82, 2.24) is 0 Å². The minimum absolute atomic E-state index is 0.768. The SMILES string of the molecule is N[Si](N)([SiH3])Cl. The Bertz CT molecular complexity index is 23.1. The van der Waals surface area contributed by atoms with Gasteiger partial charge in [-0.1, -0.05) is 0 Å². The van der Waals surface area contributed by atoms with Gasteiger partial charge in [0.15, 0.2) is 0 Å². The van der Waals surface area contributed by atoms with Crippen LogP contribution in [0.25, 0.3) is 0 Å². The Morgan fingerprint density at radius 3 is 1.60 bits per heavy atom. The van der Waals surface area contributed by atoms with Crippen molar-refractivity contribution in [2.75, 3.05) is 0 Å². The van der Waals surface area contributed by atoms with Crippen LogP contribution in [0.3, 0.4) is 0 Å². The molecule has 0 fully saturated rings. The van der Waals surface area contributed by atoms with E-state index in [2.05, 4.69) is 0 Å². The lowest BCUT2D eigenvalue weighted by molar-refractivity contribution is 1.70. The lowest BCUT2D eigenvalue weighted by Crippen LogP contribution is -2.51. The molecular formula is H7ClN2Si2. The summed E-state index contributed by atoms with van der Waals surface area (Å²) in [4.78, 5) is 0. The summed E-state index contributed by atoms with van der Waals surface area (Å²) in [6.07, 6.45) is 0. The van der Waals surface area contributed by atoms with Crippen LogP contribution in [0, 0.1) is 0 Å². The normalized spacial score (nSPS) is 12.6. The Labute approximate surface area is 39.6 Å². The highest BCUT2D eigenvalue weighted by Crippen LogP contribution is 1.75. The lowest BCUT2D eigenvalue weighted by atomic mass is 13.9. The van der Waals surface area contributed by atoms with Gasteiger partial charge in [0, 0.05) is 0 Å². The third-order valence-electron chi connectivity index (χ3n) is 0. The first-order chi connectivity index (χ1) is 2.00. The van der Waals surface area contributed by atoms with E-state index in [0.717, 1.165) is 9.76 Å². The second kappa shape index (κ2) is 1.40. The van der Waals surface area contributed by atoms with Crippen LogP contribution in [-0.4, -0.2) is 17.0 Å². The predicted octanol–water partition coefficient (Wildman–Crippen LogP) is -2.06. The van der Waals surface area contributed by atoms with Crippen molar-refractivity contribution in [3.8, 4) is 0 Å². The van der Waals surface area contributed by atoms with Gasteiger partial charge in [0.05, 0.1) is 9.76 Å². The molecule has 0 aliphatic carbocycles. The van der Waals surface area contributed by atoms with Gasteiger partial charge in [-0.15, -0.1) is 11.1 Å². The maximum Gasteiger partial charge on any atom is 0.267 e. The molecule has 0 aromatic heterocycles. The fourth-order valence-electron chi connectivity index (χ4n) is 0. The standard InChI is InChI=1S/ClH7N2Si2/c1-5(2,3)4/h2-3H2,4H3. The molecule has 0 aromatic rings. The molecule has 0 aliphatic heterocycles. The summed E-state index contributed by atoms with van der Waals surface area (Å²) >= 11 is 5.29. The molecule has 32 valence electrons. The predicted molar refractivity (Wildman–Crippen MR) is 29.9 cm³/mol. The van der Waals surface area contributed by atoms with E-state index in [0.29, 0.717) is 0 Å². The molecule has 0 radical (unpaired) electrons. The van der Waals surface area contributed by atoms with Crippen LogP contribution in [-0.2, 0) is 0 Å². The Morgan fingerprint density at radius 1 is 1.60 bits per heavy atom. The zero-order chi connectivity index (χ0) is 4.50. The van der Waals surface area contributed by atoms with Crippen LogP contribution in [0.4, 0.5) is 0 Å². The monoisotopic (exact) mass is 126 g/mol. The fraction of sp³-hybridized carbons (Fsp3) is 0. The molecule has 0 amide bonds. The van der Waals surface area contributed by atoms with E-state index >= 15 is 0 Å². The lowest BCUT2D eigenvalue weighted by Gasteiger charge is -1.98. The Kier molecular flexibility index (Phi) is 1.58. The smallest absolute Gasteiger partial charge is 0.267 e. The summed E-state index contributed by atoms with van der Waals surface area (Å²) in [5.41, 5.74) is 0. The molecule has 0 heterocycles. The Morgan fingerprint density at radius 2 is 1.60 bits per heavy atom. The van der Waals surface area contributed by atoms with Crippen LogP contribution in [0.1, 0.15) is 0 Å². The molecular weight excluding hydrogens is 120 g/mol. The van der Waals surface area contributed by atoms with Gasteiger partial charge in [0.2, 0.25) is 0 Å². The maximum absolute atomic E-state index is 5.29. The van der Waals surface area contributed by atoms with Crippen molar-refractivity contribution < 1.29 is 0 Å². The van der Waals surface area contributed by atoms with Crippen molar-refractivity contribution in [3.05, 3.63) is 0 Å². The second-order valence-electron chi connectivity index (χ2n) is 1.15. The molecule has 0 aromatic carbocycles. The van der Waals surface area contributed by atoms with E-state index in [1.165, 1.54) is 0 Å². The third-order valence-corrected chi connectivity index (χ3v) is 0. The highest BCUT2D eigenvalue weighted by molar-refractivity contribution is 7.40. The van der Waals surface area contributed by atoms with Crippen LogP contribution in [0.5, 0.6) is 0 Å². The summed E-state index contributed by atoms with van der Waals surface area (Å²) in [5.74, 6) is 0.